The zero-order valence-corrected chi connectivity index (χ0v) is 13.7. The summed E-state index contributed by atoms with van der Waals surface area (Å²) in [7, 11) is 0. The Balaban J connectivity index is 2.05. The third-order valence-electron chi connectivity index (χ3n) is 4.30. The first-order chi connectivity index (χ1) is 10.6. The topological polar surface area (TPSA) is 95.5 Å². The standard InChI is InChI=1S/C17H22N2O4/c1-9(2)14(20)18-10-6-5-7-11(8-10)19-15(21)12-13(16(22)23)17(12,3)4/h5-9,12-13H,1-4H3,(H,18,20)(H,19,21)(H,22,23)/t12-,13-/m1/s1. The summed E-state index contributed by atoms with van der Waals surface area (Å²) in [6.07, 6.45) is 0. The molecule has 2 amide bonds. The number of hydrogen-bond donors (Lipinski definition) is 3. The lowest BCUT2D eigenvalue weighted by Gasteiger charge is -2.10. The monoisotopic (exact) mass is 318 g/mol. The Labute approximate surface area is 135 Å². The van der Waals surface area contributed by atoms with Crippen LogP contribution in [0.3, 0.4) is 0 Å². The predicted octanol–water partition coefficient (Wildman–Crippen LogP) is 2.58. The summed E-state index contributed by atoms with van der Waals surface area (Å²) < 4.78 is 0. The largest absolute Gasteiger partial charge is 0.481 e. The number of carboxylic acid groups (broad SMARTS) is 1. The molecule has 23 heavy (non-hydrogen) atoms. The van der Waals surface area contributed by atoms with Crippen LogP contribution >= 0.6 is 0 Å². The van der Waals surface area contributed by atoms with Crippen molar-refractivity contribution in [2.45, 2.75) is 27.7 Å². The van der Waals surface area contributed by atoms with Crippen LogP contribution in [0.25, 0.3) is 0 Å². The van der Waals surface area contributed by atoms with Crippen molar-refractivity contribution in [1.29, 1.82) is 0 Å². The lowest BCUT2D eigenvalue weighted by Crippen LogP contribution is -2.19. The van der Waals surface area contributed by atoms with Crippen molar-refractivity contribution in [2.75, 3.05) is 10.6 Å². The summed E-state index contributed by atoms with van der Waals surface area (Å²) in [5.74, 6) is -2.72. The quantitative estimate of drug-likeness (QED) is 0.777. The van der Waals surface area contributed by atoms with Gasteiger partial charge >= 0.3 is 5.97 Å². The third-order valence-corrected chi connectivity index (χ3v) is 4.30. The highest BCUT2D eigenvalue weighted by atomic mass is 16.4. The molecule has 0 saturated heterocycles. The van der Waals surface area contributed by atoms with Crippen molar-refractivity contribution in [3.8, 4) is 0 Å². The van der Waals surface area contributed by atoms with E-state index in [9.17, 15) is 14.4 Å². The Kier molecular flexibility index (Phi) is 4.45. The van der Waals surface area contributed by atoms with Gasteiger partial charge in [0.2, 0.25) is 11.8 Å². The molecule has 0 spiro atoms. The van der Waals surface area contributed by atoms with E-state index in [0.717, 1.165) is 0 Å². The second-order valence-corrected chi connectivity index (χ2v) is 6.83. The average molecular weight is 318 g/mol. The van der Waals surface area contributed by atoms with Gasteiger partial charge in [0, 0.05) is 17.3 Å². The van der Waals surface area contributed by atoms with E-state index in [1.54, 1.807) is 52.0 Å². The number of carbonyl (C=O) groups excluding carboxylic acids is 2. The van der Waals surface area contributed by atoms with Crippen LogP contribution in [-0.2, 0) is 14.4 Å². The molecular formula is C17H22N2O4. The summed E-state index contributed by atoms with van der Waals surface area (Å²) in [6.45, 7) is 7.13. The summed E-state index contributed by atoms with van der Waals surface area (Å²) >= 11 is 0. The molecule has 3 N–H and O–H groups in total. The maximum absolute atomic E-state index is 12.3. The minimum Gasteiger partial charge on any atom is -0.481 e. The van der Waals surface area contributed by atoms with E-state index in [-0.39, 0.29) is 17.7 Å². The molecule has 2 rings (SSSR count). The maximum Gasteiger partial charge on any atom is 0.307 e. The number of amides is 2. The molecule has 1 aromatic carbocycles. The Morgan fingerprint density at radius 1 is 1.09 bits per heavy atom. The molecule has 0 aromatic heterocycles. The van der Waals surface area contributed by atoms with Gasteiger partial charge in [0.15, 0.2) is 0 Å². The highest BCUT2D eigenvalue weighted by molar-refractivity contribution is 6.00. The molecular weight excluding hydrogens is 296 g/mol. The minimum atomic E-state index is -0.951. The molecule has 1 aromatic rings. The molecule has 1 aliphatic carbocycles. The third kappa shape index (κ3) is 3.52. The molecule has 2 atom stereocenters. The van der Waals surface area contributed by atoms with E-state index in [1.807, 2.05) is 0 Å². The Hall–Kier alpha value is -2.37. The molecule has 6 heteroatoms. The van der Waals surface area contributed by atoms with Gasteiger partial charge in [-0.15, -0.1) is 0 Å². The van der Waals surface area contributed by atoms with Gasteiger partial charge < -0.3 is 15.7 Å². The van der Waals surface area contributed by atoms with Gasteiger partial charge in [0.05, 0.1) is 11.8 Å². The van der Waals surface area contributed by atoms with Crippen LogP contribution in [0.4, 0.5) is 11.4 Å². The molecule has 124 valence electrons. The van der Waals surface area contributed by atoms with Gasteiger partial charge in [-0.3, -0.25) is 14.4 Å². The van der Waals surface area contributed by atoms with E-state index >= 15 is 0 Å². The van der Waals surface area contributed by atoms with Crippen LogP contribution in [0, 0.1) is 23.2 Å². The van der Waals surface area contributed by atoms with Crippen LogP contribution < -0.4 is 10.6 Å². The normalized spacial score (nSPS) is 21.6. The summed E-state index contributed by atoms with van der Waals surface area (Å²) in [5.41, 5.74) is 0.578. The molecule has 0 heterocycles. The SMILES string of the molecule is CC(C)C(=O)Nc1cccc(NC(=O)[C@H]2[C@H](C(=O)O)C2(C)C)c1. The van der Waals surface area contributed by atoms with E-state index in [0.29, 0.717) is 11.4 Å². The number of nitrogens with one attached hydrogen (secondary N) is 2. The molecule has 6 nitrogen and oxygen atoms in total. The fourth-order valence-corrected chi connectivity index (χ4v) is 2.77. The molecule has 1 fully saturated rings. The lowest BCUT2D eigenvalue weighted by atomic mass is 10.1. The smallest absolute Gasteiger partial charge is 0.307 e. The molecule has 0 bridgehead atoms. The van der Waals surface area contributed by atoms with Gasteiger partial charge in [0.1, 0.15) is 0 Å². The first-order valence-corrected chi connectivity index (χ1v) is 7.59. The van der Waals surface area contributed by atoms with Crippen LogP contribution in [0.15, 0.2) is 24.3 Å². The fourth-order valence-electron chi connectivity index (χ4n) is 2.77. The van der Waals surface area contributed by atoms with Crippen LogP contribution in [0.1, 0.15) is 27.7 Å². The van der Waals surface area contributed by atoms with E-state index in [1.165, 1.54) is 0 Å². The average Bonchev–Trinajstić information content (AvgIpc) is 3.02. The first-order valence-electron chi connectivity index (χ1n) is 7.59. The molecule has 0 aliphatic heterocycles. The van der Waals surface area contributed by atoms with Crippen molar-refractivity contribution in [3.63, 3.8) is 0 Å². The maximum atomic E-state index is 12.3. The summed E-state index contributed by atoms with van der Waals surface area (Å²) in [4.78, 5) is 35.1. The Bertz CT molecular complexity index is 652. The molecule has 1 saturated carbocycles. The van der Waals surface area contributed by atoms with E-state index in [4.69, 9.17) is 5.11 Å². The van der Waals surface area contributed by atoms with Gasteiger partial charge in [-0.2, -0.15) is 0 Å². The second-order valence-electron chi connectivity index (χ2n) is 6.83. The Morgan fingerprint density at radius 2 is 1.65 bits per heavy atom. The number of hydrogen-bond acceptors (Lipinski definition) is 3. The number of anilines is 2. The van der Waals surface area contributed by atoms with Crippen molar-refractivity contribution >= 4 is 29.2 Å². The van der Waals surface area contributed by atoms with E-state index in [2.05, 4.69) is 10.6 Å². The van der Waals surface area contributed by atoms with Crippen molar-refractivity contribution in [3.05, 3.63) is 24.3 Å². The van der Waals surface area contributed by atoms with Gasteiger partial charge in [-0.25, -0.2) is 0 Å². The van der Waals surface area contributed by atoms with Gasteiger partial charge in [0.25, 0.3) is 0 Å². The van der Waals surface area contributed by atoms with Crippen molar-refractivity contribution in [1.82, 2.24) is 0 Å². The molecule has 0 unspecified atom stereocenters. The number of carboxylic acids is 1. The molecule has 0 radical (unpaired) electrons. The zero-order chi connectivity index (χ0) is 17.4. The first kappa shape index (κ1) is 17.0. The van der Waals surface area contributed by atoms with Gasteiger partial charge in [-0.05, 0) is 23.6 Å². The van der Waals surface area contributed by atoms with Crippen molar-refractivity contribution < 1.29 is 19.5 Å². The molecule has 1 aliphatic rings. The highest BCUT2D eigenvalue weighted by Gasteiger charge is 2.65. The van der Waals surface area contributed by atoms with Gasteiger partial charge in [-0.1, -0.05) is 33.8 Å². The summed E-state index contributed by atoms with van der Waals surface area (Å²) in [5, 5.41) is 14.6. The lowest BCUT2D eigenvalue weighted by molar-refractivity contribution is -0.140. The predicted molar refractivity (Wildman–Crippen MR) is 86.9 cm³/mol. The second kappa shape index (κ2) is 6.02. The number of carbonyl (C=O) groups is 3. The highest BCUT2D eigenvalue weighted by Crippen LogP contribution is 2.58. The van der Waals surface area contributed by atoms with E-state index < -0.39 is 23.2 Å². The Morgan fingerprint density at radius 3 is 2.13 bits per heavy atom. The summed E-state index contributed by atoms with van der Waals surface area (Å²) in [6, 6.07) is 6.81. The number of aliphatic carboxylic acids is 1. The number of rotatable bonds is 5. The zero-order valence-electron chi connectivity index (χ0n) is 13.7. The van der Waals surface area contributed by atoms with Crippen LogP contribution in [0.5, 0.6) is 0 Å². The number of benzene rings is 1. The van der Waals surface area contributed by atoms with Crippen LogP contribution in [-0.4, -0.2) is 22.9 Å². The fraction of sp³-hybridized carbons (Fsp3) is 0.471. The van der Waals surface area contributed by atoms with Crippen LogP contribution in [0.2, 0.25) is 0 Å². The minimum absolute atomic E-state index is 0.109. The van der Waals surface area contributed by atoms with Crippen molar-refractivity contribution in [2.24, 2.45) is 23.2 Å².